The van der Waals surface area contributed by atoms with Gasteiger partial charge < -0.3 is 9.15 Å². The lowest BCUT2D eigenvalue weighted by atomic mass is 10.2. The molecule has 2 aromatic rings. The zero-order valence-electron chi connectivity index (χ0n) is 11.1. The van der Waals surface area contributed by atoms with Crippen molar-refractivity contribution in [2.45, 2.75) is 19.8 Å². The highest BCUT2D eigenvalue weighted by Gasteiger charge is 2.21. The SMILES string of the molecule is CCCc1nc(-c2cc(F)cc(Br)c2)oc1C(=O)OC. The molecule has 0 aliphatic heterocycles. The van der Waals surface area contributed by atoms with Crippen LogP contribution in [0.5, 0.6) is 0 Å². The van der Waals surface area contributed by atoms with Crippen molar-refractivity contribution in [3.05, 3.63) is 39.9 Å². The Kier molecular flexibility index (Phi) is 4.54. The molecule has 0 N–H and O–H groups in total. The van der Waals surface area contributed by atoms with E-state index in [0.29, 0.717) is 22.2 Å². The van der Waals surface area contributed by atoms with Gasteiger partial charge in [-0.1, -0.05) is 29.3 Å². The first kappa shape index (κ1) is 14.7. The van der Waals surface area contributed by atoms with Gasteiger partial charge in [0.15, 0.2) is 0 Å². The van der Waals surface area contributed by atoms with E-state index in [-0.39, 0.29) is 11.7 Å². The largest absolute Gasteiger partial charge is 0.463 e. The lowest BCUT2D eigenvalue weighted by Crippen LogP contribution is -2.03. The monoisotopic (exact) mass is 341 g/mol. The van der Waals surface area contributed by atoms with E-state index in [2.05, 4.69) is 25.7 Å². The van der Waals surface area contributed by atoms with E-state index < -0.39 is 11.8 Å². The summed E-state index contributed by atoms with van der Waals surface area (Å²) in [6, 6.07) is 4.31. The molecule has 0 aliphatic carbocycles. The van der Waals surface area contributed by atoms with Gasteiger partial charge in [0.2, 0.25) is 11.7 Å². The smallest absolute Gasteiger partial charge is 0.376 e. The fourth-order valence-corrected chi connectivity index (χ4v) is 2.28. The molecular formula is C14H13BrFNO3. The number of carbonyl (C=O) groups is 1. The van der Waals surface area contributed by atoms with E-state index in [9.17, 15) is 9.18 Å². The fraction of sp³-hybridized carbons (Fsp3) is 0.286. The second-order valence-corrected chi connectivity index (χ2v) is 5.11. The number of esters is 1. The molecule has 106 valence electrons. The molecule has 2 rings (SSSR count). The first-order chi connectivity index (χ1) is 9.55. The summed E-state index contributed by atoms with van der Waals surface area (Å²) in [5, 5.41) is 0. The third kappa shape index (κ3) is 3.07. The first-order valence-corrected chi connectivity index (χ1v) is 6.89. The van der Waals surface area contributed by atoms with Crippen molar-refractivity contribution in [3.63, 3.8) is 0 Å². The van der Waals surface area contributed by atoms with E-state index in [1.165, 1.54) is 19.2 Å². The van der Waals surface area contributed by atoms with Gasteiger partial charge in [0.05, 0.1) is 12.8 Å². The van der Waals surface area contributed by atoms with Gasteiger partial charge >= 0.3 is 5.97 Å². The lowest BCUT2D eigenvalue weighted by Gasteiger charge is -1.97. The molecule has 0 fully saturated rings. The fourth-order valence-electron chi connectivity index (χ4n) is 1.81. The van der Waals surface area contributed by atoms with E-state index >= 15 is 0 Å². The summed E-state index contributed by atoms with van der Waals surface area (Å²) in [4.78, 5) is 15.9. The van der Waals surface area contributed by atoms with Crippen LogP contribution in [0, 0.1) is 5.82 Å². The van der Waals surface area contributed by atoms with Crippen LogP contribution >= 0.6 is 15.9 Å². The molecule has 0 atom stereocenters. The van der Waals surface area contributed by atoms with Crippen LogP contribution in [0.1, 0.15) is 29.6 Å². The molecule has 1 aromatic carbocycles. The Morgan fingerprint density at radius 2 is 2.20 bits per heavy atom. The van der Waals surface area contributed by atoms with Crippen LogP contribution < -0.4 is 0 Å². The average molecular weight is 342 g/mol. The van der Waals surface area contributed by atoms with Gasteiger partial charge in [0.1, 0.15) is 5.82 Å². The molecular weight excluding hydrogens is 329 g/mol. The van der Waals surface area contributed by atoms with Crippen LogP contribution in [-0.2, 0) is 11.2 Å². The normalized spacial score (nSPS) is 10.6. The topological polar surface area (TPSA) is 52.3 Å². The van der Waals surface area contributed by atoms with Gasteiger partial charge in [0.25, 0.3) is 0 Å². The number of aryl methyl sites for hydroxylation is 1. The third-order valence-corrected chi connectivity index (χ3v) is 3.12. The van der Waals surface area contributed by atoms with E-state index in [0.717, 1.165) is 6.42 Å². The van der Waals surface area contributed by atoms with Crippen molar-refractivity contribution < 1.29 is 18.3 Å². The highest BCUT2D eigenvalue weighted by atomic mass is 79.9. The number of carbonyl (C=O) groups excluding carboxylic acids is 1. The van der Waals surface area contributed by atoms with Gasteiger partial charge in [0, 0.05) is 10.0 Å². The Balaban J connectivity index is 2.49. The maximum Gasteiger partial charge on any atom is 0.376 e. The molecule has 1 aromatic heterocycles. The zero-order chi connectivity index (χ0) is 14.7. The zero-order valence-corrected chi connectivity index (χ0v) is 12.7. The highest BCUT2D eigenvalue weighted by Crippen LogP contribution is 2.27. The molecule has 1 heterocycles. The second-order valence-electron chi connectivity index (χ2n) is 4.19. The molecule has 0 amide bonds. The summed E-state index contributed by atoms with van der Waals surface area (Å²) >= 11 is 3.21. The van der Waals surface area contributed by atoms with Gasteiger partial charge in [-0.15, -0.1) is 0 Å². The molecule has 0 unspecified atom stereocenters. The Morgan fingerprint density at radius 3 is 2.80 bits per heavy atom. The van der Waals surface area contributed by atoms with Gasteiger partial charge in [-0.3, -0.25) is 0 Å². The quantitative estimate of drug-likeness (QED) is 0.789. The number of ether oxygens (including phenoxy) is 1. The molecule has 0 radical (unpaired) electrons. The summed E-state index contributed by atoms with van der Waals surface area (Å²) in [5.41, 5.74) is 0.985. The number of methoxy groups -OCH3 is 1. The third-order valence-electron chi connectivity index (χ3n) is 2.66. The van der Waals surface area contributed by atoms with Crippen molar-refractivity contribution >= 4 is 21.9 Å². The number of benzene rings is 1. The van der Waals surface area contributed by atoms with Crippen LogP contribution in [0.2, 0.25) is 0 Å². The molecule has 20 heavy (non-hydrogen) atoms. The predicted octanol–water partition coefficient (Wildman–Crippen LogP) is 3.98. The highest BCUT2D eigenvalue weighted by molar-refractivity contribution is 9.10. The first-order valence-electron chi connectivity index (χ1n) is 6.09. The van der Waals surface area contributed by atoms with Crippen LogP contribution in [0.3, 0.4) is 0 Å². The van der Waals surface area contributed by atoms with Crippen molar-refractivity contribution in [2.75, 3.05) is 7.11 Å². The lowest BCUT2D eigenvalue weighted by molar-refractivity contribution is 0.0564. The molecule has 0 spiro atoms. The van der Waals surface area contributed by atoms with Crippen molar-refractivity contribution in [2.24, 2.45) is 0 Å². The minimum atomic E-state index is -0.581. The maximum absolute atomic E-state index is 13.4. The summed E-state index contributed by atoms with van der Waals surface area (Å²) < 4.78 is 24.1. The molecule has 0 aliphatic rings. The summed E-state index contributed by atoms with van der Waals surface area (Å²) in [6.45, 7) is 1.97. The number of rotatable bonds is 4. The van der Waals surface area contributed by atoms with Crippen molar-refractivity contribution in [3.8, 4) is 11.5 Å². The molecule has 0 saturated carbocycles. The van der Waals surface area contributed by atoms with Crippen molar-refractivity contribution in [1.29, 1.82) is 0 Å². The van der Waals surface area contributed by atoms with E-state index in [1.54, 1.807) is 6.07 Å². The number of hydrogen-bond acceptors (Lipinski definition) is 4. The van der Waals surface area contributed by atoms with Gasteiger partial charge in [-0.25, -0.2) is 14.2 Å². The van der Waals surface area contributed by atoms with E-state index in [4.69, 9.17) is 4.42 Å². The Labute approximate surface area is 124 Å². The summed E-state index contributed by atoms with van der Waals surface area (Å²) in [6.07, 6.45) is 1.40. The minimum Gasteiger partial charge on any atom is -0.463 e. The maximum atomic E-state index is 13.4. The van der Waals surface area contributed by atoms with Gasteiger partial charge in [-0.05, 0) is 24.6 Å². The number of aromatic nitrogens is 1. The molecule has 0 saturated heterocycles. The second kappa shape index (κ2) is 6.17. The summed E-state index contributed by atoms with van der Waals surface area (Å²) in [7, 11) is 1.28. The number of oxazole rings is 1. The van der Waals surface area contributed by atoms with Crippen molar-refractivity contribution in [1.82, 2.24) is 4.98 Å². The Bertz CT molecular complexity index is 619. The number of halogens is 2. The summed E-state index contributed by atoms with van der Waals surface area (Å²) in [5.74, 6) is -0.717. The number of nitrogens with zero attached hydrogens (tertiary/aromatic N) is 1. The molecule has 6 heteroatoms. The van der Waals surface area contributed by atoms with Crippen LogP contribution in [0.25, 0.3) is 11.5 Å². The Morgan fingerprint density at radius 1 is 1.45 bits per heavy atom. The van der Waals surface area contributed by atoms with Crippen LogP contribution in [-0.4, -0.2) is 18.1 Å². The van der Waals surface area contributed by atoms with Crippen LogP contribution in [0.4, 0.5) is 4.39 Å². The van der Waals surface area contributed by atoms with Crippen LogP contribution in [0.15, 0.2) is 27.1 Å². The minimum absolute atomic E-state index is 0.0738. The number of hydrogen-bond donors (Lipinski definition) is 0. The van der Waals surface area contributed by atoms with E-state index in [1.807, 2.05) is 6.92 Å². The standard InChI is InChI=1S/C14H13BrFNO3/c1-3-4-11-12(14(18)19-2)20-13(17-11)8-5-9(15)7-10(16)6-8/h5-7H,3-4H2,1-2H3. The predicted molar refractivity (Wildman–Crippen MR) is 74.9 cm³/mol. The Hall–Kier alpha value is -1.69. The molecule has 4 nitrogen and oxygen atoms in total. The average Bonchev–Trinajstić information content (AvgIpc) is 2.81. The van der Waals surface area contributed by atoms with Gasteiger partial charge in [-0.2, -0.15) is 0 Å². The molecule has 0 bridgehead atoms.